The first-order valence-corrected chi connectivity index (χ1v) is 8.43. The van der Waals surface area contributed by atoms with Gasteiger partial charge in [-0.1, -0.05) is 48.5 Å². The predicted molar refractivity (Wildman–Crippen MR) is 98.1 cm³/mol. The zero-order valence-electron chi connectivity index (χ0n) is 14.8. The Bertz CT molecular complexity index is 835. The van der Waals surface area contributed by atoms with E-state index in [0.29, 0.717) is 6.54 Å². The van der Waals surface area contributed by atoms with E-state index in [9.17, 15) is 14.4 Å². The van der Waals surface area contributed by atoms with Crippen LogP contribution in [0.2, 0.25) is 0 Å². The van der Waals surface area contributed by atoms with Crippen molar-refractivity contribution in [3.05, 3.63) is 60.2 Å². The van der Waals surface area contributed by atoms with E-state index < -0.39 is 6.04 Å². The summed E-state index contributed by atoms with van der Waals surface area (Å²) in [6.45, 7) is 0.369. The van der Waals surface area contributed by atoms with E-state index in [1.807, 2.05) is 54.6 Å². The van der Waals surface area contributed by atoms with Crippen molar-refractivity contribution in [2.24, 2.45) is 0 Å². The summed E-state index contributed by atoms with van der Waals surface area (Å²) < 4.78 is 0. The van der Waals surface area contributed by atoms with Crippen LogP contribution in [0.5, 0.6) is 0 Å². The Hall–Kier alpha value is -3.15. The second kappa shape index (κ2) is 7.39. The first-order chi connectivity index (χ1) is 12.5. The molecule has 0 saturated carbocycles. The van der Waals surface area contributed by atoms with Gasteiger partial charge in [0.25, 0.3) is 5.91 Å². The zero-order chi connectivity index (χ0) is 18.7. The third-order valence-electron chi connectivity index (χ3n) is 4.57. The number of nitrogens with one attached hydrogen (secondary N) is 1. The van der Waals surface area contributed by atoms with Crippen LogP contribution in [0.3, 0.4) is 0 Å². The van der Waals surface area contributed by atoms with Crippen molar-refractivity contribution in [1.29, 1.82) is 0 Å². The molecule has 1 fully saturated rings. The second-order valence-electron chi connectivity index (χ2n) is 6.35. The van der Waals surface area contributed by atoms with Crippen molar-refractivity contribution in [2.75, 3.05) is 14.1 Å². The van der Waals surface area contributed by atoms with Gasteiger partial charge in [-0.05, 0) is 22.8 Å². The minimum atomic E-state index is -0.733. The summed E-state index contributed by atoms with van der Waals surface area (Å²) in [5.74, 6) is -0.609. The van der Waals surface area contributed by atoms with Crippen LogP contribution in [0, 0.1) is 0 Å². The summed E-state index contributed by atoms with van der Waals surface area (Å²) in [6, 6.07) is 16.8. The van der Waals surface area contributed by atoms with Crippen molar-refractivity contribution in [1.82, 2.24) is 15.1 Å². The molecule has 0 radical (unpaired) electrons. The molecule has 0 aromatic heterocycles. The van der Waals surface area contributed by atoms with E-state index in [2.05, 4.69) is 5.32 Å². The summed E-state index contributed by atoms with van der Waals surface area (Å²) in [4.78, 5) is 38.3. The average molecular weight is 351 g/mol. The number of amides is 4. The van der Waals surface area contributed by atoms with E-state index in [-0.39, 0.29) is 24.3 Å². The number of urea groups is 1. The Morgan fingerprint density at radius 2 is 1.69 bits per heavy atom. The molecule has 0 unspecified atom stereocenters. The molecule has 6 heteroatoms. The molecular formula is C20H21N3O3. The highest BCUT2D eigenvalue weighted by Gasteiger charge is 2.41. The molecule has 4 amide bonds. The van der Waals surface area contributed by atoms with Crippen molar-refractivity contribution in [3.8, 4) is 11.1 Å². The first-order valence-electron chi connectivity index (χ1n) is 8.43. The van der Waals surface area contributed by atoms with Gasteiger partial charge < -0.3 is 10.2 Å². The molecule has 1 saturated heterocycles. The molecule has 0 bridgehead atoms. The predicted octanol–water partition coefficient (Wildman–Crippen LogP) is 2.25. The SMILES string of the molecule is CN1C(=O)[C@@H](CC(=O)NCc2cccc(-c3ccccc3)c2)N(C)C1=O. The summed E-state index contributed by atoms with van der Waals surface area (Å²) in [5, 5.41) is 2.83. The molecule has 1 aliphatic rings. The maximum absolute atomic E-state index is 12.2. The van der Waals surface area contributed by atoms with Crippen molar-refractivity contribution in [3.63, 3.8) is 0 Å². The smallest absolute Gasteiger partial charge is 0.326 e. The topological polar surface area (TPSA) is 69.7 Å². The number of carbonyl (C=O) groups excluding carboxylic acids is 3. The van der Waals surface area contributed by atoms with Crippen molar-refractivity contribution >= 4 is 17.8 Å². The fraction of sp³-hybridized carbons (Fsp3) is 0.250. The van der Waals surface area contributed by atoms with Gasteiger partial charge >= 0.3 is 6.03 Å². The van der Waals surface area contributed by atoms with Crippen LogP contribution in [0.25, 0.3) is 11.1 Å². The number of benzene rings is 2. The lowest BCUT2D eigenvalue weighted by Gasteiger charge is -2.15. The lowest BCUT2D eigenvalue weighted by molar-refractivity contribution is -0.131. The number of hydrogen-bond donors (Lipinski definition) is 1. The molecule has 134 valence electrons. The summed E-state index contributed by atoms with van der Waals surface area (Å²) in [6.07, 6.45) is -0.0379. The van der Waals surface area contributed by atoms with Gasteiger partial charge in [-0.3, -0.25) is 14.5 Å². The highest BCUT2D eigenvalue weighted by molar-refractivity contribution is 6.05. The van der Waals surface area contributed by atoms with Gasteiger partial charge in [0, 0.05) is 20.6 Å². The van der Waals surface area contributed by atoms with Gasteiger partial charge in [0.05, 0.1) is 6.42 Å². The van der Waals surface area contributed by atoms with Gasteiger partial charge in [0.1, 0.15) is 6.04 Å². The summed E-state index contributed by atoms with van der Waals surface area (Å²) in [5.41, 5.74) is 3.16. The molecular weight excluding hydrogens is 330 g/mol. The molecule has 1 N–H and O–H groups in total. The molecule has 0 aliphatic carbocycles. The fourth-order valence-electron chi connectivity index (χ4n) is 3.02. The lowest BCUT2D eigenvalue weighted by atomic mass is 10.0. The van der Waals surface area contributed by atoms with Gasteiger partial charge in [-0.25, -0.2) is 4.79 Å². The minimum absolute atomic E-state index is 0.0379. The van der Waals surface area contributed by atoms with Crippen LogP contribution in [0.15, 0.2) is 54.6 Å². The number of imide groups is 1. The van der Waals surface area contributed by atoms with E-state index in [0.717, 1.165) is 21.6 Å². The molecule has 6 nitrogen and oxygen atoms in total. The van der Waals surface area contributed by atoms with E-state index in [4.69, 9.17) is 0 Å². The van der Waals surface area contributed by atoms with Gasteiger partial charge in [-0.2, -0.15) is 0 Å². The monoisotopic (exact) mass is 351 g/mol. The van der Waals surface area contributed by atoms with Crippen LogP contribution >= 0.6 is 0 Å². The van der Waals surface area contributed by atoms with Crippen LogP contribution in [0.4, 0.5) is 4.79 Å². The Morgan fingerprint density at radius 3 is 2.35 bits per heavy atom. The van der Waals surface area contributed by atoms with E-state index in [1.54, 1.807) is 0 Å². The normalized spacial score (nSPS) is 16.9. The third-order valence-corrected chi connectivity index (χ3v) is 4.57. The maximum Gasteiger partial charge on any atom is 0.326 e. The Kier molecular flexibility index (Phi) is 5.02. The zero-order valence-corrected chi connectivity index (χ0v) is 14.8. The Labute approximate surface area is 152 Å². The van der Waals surface area contributed by atoms with Crippen LogP contribution in [0.1, 0.15) is 12.0 Å². The number of rotatable bonds is 5. The summed E-state index contributed by atoms with van der Waals surface area (Å²) >= 11 is 0. The molecule has 3 rings (SSSR count). The largest absolute Gasteiger partial charge is 0.352 e. The highest BCUT2D eigenvalue weighted by Crippen LogP contribution is 2.20. The number of likely N-dealkylation sites (N-methyl/N-ethyl adjacent to an activating group) is 2. The standard InChI is InChI=1S/C20H21N3O3/c1-22-17(19(25)23(2)20(22)26)12-18(24)21-13-14-7-6-10-16(11-14)15-8-4-3-5-9-15/h3-11,17H,12-13H2,1-2H3,(H,21,24)/t17-/m1/s1. The quantitative estimate of drug-likeness (QED) is 0.840. The fourth-order valence-corrected chi connectivity index (χ4v) is 3.02. The minimum Gasteiger partial charge on any atom is -0.352 e. The lowest BCUT2D eigenvalue weighted by Crippen LogP contribution is -2.37. The Morgan fingerprint density at radius 1 is 1.00 bits per heavy atom. The van der Waals surface area contributed by atoms with Crippen LogP contribution in [-0.4, -0.2) is 47.8 Å². The number of hydrogen-bond acceptors (Lipinski definition) is 3. The van der Waals surface area contributed by atoms with E-state index >= 15 is 0 Å². The first kappa shape index (κ1) is 17.7. The second-order valence-corrected chi connectivity index (χ2v) is 6.35. The molecule has 1 heterocycles. The average Bonchev–Trinajstić information content (AvgIpc) is 2.85. The van der Waals surface area contributed by atoms with Gasteiger partial charge in [0.2, 0.25) is 5.91 Å². The van der Waals surface area contributed by atoms with Crippen LogP contribution in [-0.2, 0) is 16.1 Å². The number of carbonyl (C=O) groups is 3. The van der Waals surface area contributed by atoms with Gasteiger partial charge in [0.15, 0.2) is 0 Å². The molecule has 1 aliphatic heterocycles. The molecule has 1 atom stereocenters. The molecule has 2 aromatic carbocycles. The third kappa shape index (κ3) is 3.59. The van der Waals surface area contributed by atoms with E-state index in [1.165, 1.54) is 19.0 Å². The van der Waals surface area contributed by atoms with Crippen molar-refractivity contribution in [2.45, 2.75) is 19.0 Å². The number of nitrogens with zero attached hydrogens (tertiary/aromatic N) is 2. The summed E-state index contributed by atoms with van der Waals surface area (Å²) in [7, 11) is 2.96. The molecule has 2 aromatic rings. The molecule has 0 spiro atoms. The van der Waals surface area contributed by atoms with Crippen molar-refractivity contribution < 1.29 is 14.4 Å². The Balaban J connectivity index is 1.60. The molecule has 26 heavy (non-hydrogen) atoms. The van der Waals surface area contributed by atoms with Crippen LogP contribution < -0.4 is 5.32 Å². The highest BCUT2D eigenvalue weighted by atomic mass is 16.2. The maximum atomic E-state index is 12.2. The van der Waals surface area contributed by atoms with Gasteiger partial charge in [-0.15, -0.1) is 0 Å².